The quantitative estimate of drug-likeness (QED) is 0.777. The Morgan fingerprint density at radius 1 is 1.07 bits per heavy atom. The summed E-state index contributed by atoms with van der Waals surface area (Å²) < 4.78 is 0. The Balaban J connectivity index is 2.26. The van der Waals surface area contributed by atoms with E-state index in [1.807, 2.05) is 63.2 Å². The molecule has 0 heterocycles. The first-order valence-corrected chi connectivity index (χ1v) is 9.54. The standard InChI is InChI=1S/C22H27ClN2O2/c1-15(2)24-22(27)17(4)25(14-18-9-7-8-16(3)12-18)21(26)13-19-10-5-6-11-20(19)23/h5-12,15,17H,13-14H2,1-4H3,(H,24,27)/t17-/m1/s1. The van der Waals surface area contributed by atoms with Gasteiger partial charge in [0.05, 0.1) is 6.42 Å². The van der Waals surface area contributed by atoms with E-state index in [1.165, 1.54) is 0 Å². The van der Waals surface area contributed by atoms with E-state index in [4.69, 9.17) is 11.6 Å². The van der Waals surface area contributed by atoms with Gasteiger partial charge in [0.2, 0.25) is 11.8 Å². The predicted molar refractivity (Wildman–Crippen MR) is 110 cm³/mol. The third kappa shape index (κ3) is 6.10. The maximum atomic E-state index is 13.1. The Hall–Kier alpha value is -2.33. The van der Waals surface area contributed by atoms with Crippen LogP contribution in [-0.4, -0.2) is 28.8 Å². The Morgan fingerprint density at radius 2 is 1.78 bits per heavy atom. The monoisotopic (exact) mass is 386 g/mol. The molecule has 0 fully saturated rings. The predicted octanol–water partition coefficient (Wildman–Crippen LogP) is 4.13. The number of rotatable bonds is 7. The van der Waals surface area contributed by atoms with Crippen molar-refractivity contribution >= 4 is 23.4 Å². The normalized spacial score (nSPS) is 11.9. The number of amides is 2. The Kier molecular flexibility index (Phi) is 7.43. The van der Waals surface area contributed by atoms with Crippen molar-refractivity contribution in [3.05, 3.63) is 70.2 Å². The van der Waals surface area contributed by atoms with Crippen LogP contribution in [0.3, 0.4) is 0 Å². The van der Waals surface area contributed by atoms with Crippen LogP contribution in [0, 0.1) is 6.92 Å². The van der Waals surface area contributed by atoms with Gasteiger partial charge in [0.25, 0.3) is 0 Å². The van der Waals surface area contributed by atoms with E-state index in [0.717, 1.165) is 16.7 Å². The van der Waals surface area contributed by atoms with Gasteiger partial charge in [0.1, 0.15) is 6.04 Å². The van der Waals surface area contributed by atoms with Crippen LogP contribution in [0.5, 0.6) is 0 Å². The molecule has 2 aromatic carbocycles. The van der Waals surface area contributed by atoms with Crippen molar-refractivity contribution in [2.45, 2.75) is 52.7 Å². The van der Waals surface area contributed by atoms with Crippen molar-refractivity contribution in [2.75, 3.05) is 0 Å². The van der Waals surface area contributed by atoms with E-state index >= 15 is 0 Å². The number of halogens is 1. The molecule has 0 radical (unpaired) electrons. The largest absolute Gasteiger partial charge is 0.352 e. The van der Waals surface area contributed by atoms with Gasteiger partial charge in [-0.2, -0.15) is 0 Å². The van der Waals surface area contributed by atoms with Crippen molar-refractivity contribution in [2.24, 2.45) is 0 Å². The van der Waals surface area contributed by atoms with E-state index in [-0.39, 0.29) is 24.3 Å². The van der Waals surface area contributed by atoms with Gasteiger partial charge in [-0.05, 0) is 44.9 Å². The summed E-state index contributed by atoms with van der Waals surface area (Å²) >= 11 is 6.21. The van der Waals surface area contributed by atoms with Gasteiger partial charge in [0, 0.05) is 17.6 Å². The Labute approximate surface area is 166 Å². The van der Waals surface area contributed by atoms with Crippen molar-refractivity contribution < 1.29 is 9.59 Å². The first kappa shape index (κ1) is 21.0. The number of benzene rings is 2. The molecule has 2 amide bonds. The molecule has 2 aromatic rings. The second-order valence-electron chi connectivity index (χ2n) is 7.12. The van der Waals surface area contributed by atoms with Gasteiger partial charge in [-0.25, -0.2) is 0 Å². The van der Waals surface area contributed by atoms with E-state index in [9.17, 15) is 9.59 Å². The summed E-state index contributed by atoms with van der Waals surface area (Å²) in [6.45, 7) is 7.95. The second-order valence-corrected chi connectivity index (χ2v) is 7.53. The zero-order valence-electron chi connectivity index (χ0n) is 16.3. The molecular formula is C22H27ClN2O2. The molecular weight excluding hydrogens is 360 g/mol. The fraction of sp³-hybridized carbons (Fsp3) is 0.364. The molecule has 27 heavy (non-hydrogen) atoms. The molecule has 0 aliphatic heterocycles. The molecule has 1 N–H and O–H groups in total. The van der Waals surface area contributed by atoms with Crippen LogP contribution >= 0.6 is 11.6 Å². The Morgan fingerprint density at radius 3 is 2.41 bits per heavy atom. The van der Waals surface area contributed by atoms with Gasteiger partial charge < -0.3 is 10.2 Å². The van der Waals surface area contributed by atoms with E-state index in [0.29, 0.717) is 11.6 Å². The fourth-order valence-electron chi connectivity index (χ4n) is 2.90. The van der Waals surface area contributed by atoms with Gasteiger partial charge in [-0.15, -0.1) is 0 Å². The lowest BCUT2D eigenvalue weighted by Gasteiger charge is -2.29. The van der Waals surface area contributed by atoms with E-state index in [1.54, 1.807) is 17.9 Å². The number of carbonyl (C=O) groups is 2. The Bertz CT molecular complexity index is 804. The van der Waals surface area contributed by atoms with E-state index in [2.05, 4.69) is 5.32 Å². The third-order valence-electron chi connectivity index (χ3n) is 4.33. The minimum Gasteiger partial charge on any atom is -0.352 e. The number of hydrogen-bond donors (Lipinski definition) is 1. The molecule has 0 spiro atoms. The lowest BCUT2D eigenvalue weighted by atomic mass is 10.1. The van der Waals surface area contributed by atoms with Crippen molar-refractivity contribution in [1.29, 1.82) is 0 Å². The minimum absolute atomic E-state index is 0.0134. The summed E-state index contributed by atoms with van der Waals surface area (Å²) in [4.78, 5) is 27.2. The summed E-state index contributed by atoms with van der Waals surface area (Å²) in [6, 6.07) is 14.7. The summed E-state index contributed by atoms with van der Waals surface area (Å²) in [6.07, 6.45) is 0.158. The topological polar surface area (TPSA) is 49.4 Å². The first-order valence-electron chi connectivity index (χ1n) is 9.16. The lowest BCUT2D eigenvalue weighted by Crippen LogP contribution is -2.49. The highest BCUT2D eigenvalue weighted by atomic mass is 35.5. The van der Waals surface area contributed by atoms with Crippen molar-refractivity contribution in [1.82, 2.24) is 10.2 Å². The molecule has 0 saturated carbocycles. The van der Waals surface area contributed by atoms with Crippen LogP contribution in [0.2, 0.25) is 5.02 Å². The number of hydrogen-bond acceptors (Lipinski definition) is 2. The van der Waals surface area contributed by atoms with Gasteiger partial charge in [-0.3, -0.25) is 9.59 Å². The van der Waals surface area contributed by atoms with Crippen LogP contribution in [0.25, 0.3) is 0 Å². The van der Waals surface area contributed by atoms with Crippen LogP contribution in [0.1, 0.15) is 37.5 Å². The molecule has 0 aliphatic carbocycles. The molecule has 2 rings (SSSR count). The molecule has 144 valence electrons. The summed E-state index contributed by atoms with van der Waals surface area (Å²) in [7, 11) is 0. The molecule has 0 aliphatic rings. The summed E-state index contributed by atoms with van der Waals surface area (Å²) in [5.74, 6) is -0.291. The minimum atomic E-state index is -0.581. The molecule has 0 bridgehead atoms. The highest BCUT2D eigenvalue weighted by Gasteiger charge is 2.26. The molecule has 1 atom stereocenters. The number of nitrogens with zero attached hydrogens (tertiary/aromatic N) is 1. The molecule has 5 heteroatoms. The van der Waals surface area contributed by atoms with Gasteiger partial charge in [0.15, 0.2) is 0 Å². The fourth-order valence-corrected chi connectivity index (χ4v) is 3.10. The molecule has 4 nitrogen and oxygen atoms in total. The smallest absolute Gasteiger partial charge is 0.242 e. The van der Waals surface area contributed by atoms with Crippen LogP contribution in [-0.2, 0) is 22.6 Å². The second kappa shape index (κ2) is 9.56. The first-order chi connectivity index (χ1) is 12.8. The van der Waals surface area contributed by atoms with Crippen LogP contribution in [0.15, 0.2) is 48.5 Å². The van der Waals surface area contributed by atoms with Gasteiger partial charge >= 0.3 is 0 Å². The van der Waals surface area contributed by atoms with Crippen LogP contribution < -0.4 is 5.32 Å². The lowest BCUT2D eigenvalue weighted by molar-refractivity contribution is -0.140. The van der Waals surface area contributed by atoms with Crippen molar-refractivity contribution in [3.8, 4) is 0 Å². The maximum absolute atomic E-state index is 13.1. The highest BCUT2D eigenvalue weighted by molar-refractivity contribution is 6.31. The van der Waals surface area contributed by atoms with Gasteiger partial charge in [-0.1, -0.05) is 59.6 Å². The zero-order chi connectivity index (χ0) is 20.0. The molecule has 0 saturated heterocycles. The maximum Gasteiger partial charge on any atom is 0.242 e. The highest BCUT2D eigenvalue weighted by Crippen LogP contribution is 2.18. The zero-order valence-corrected chi connectivity index (χ0v) is 17.1. The average Bonchev–Trinajstić information content (AvgIpc) is 2.60. The van der Waals surface area contributed by atoms with Crippen LogP contribution in [0.4, 0.5) is 0 Å². The number of aryl methyl sites for hydroxylation is 1. The average molecular weight is 387 g/mol. The molecule has 0 unspecified atom stereocenters. The summed E-state index contributed by atoms with van der Waals surface area (Å²) in [5.41, 5.74) is 2.87. The molecule has 0 aromatic heterocycles. The number of nitrogens with one attached hydrogen (secondary N) is 1. The van der Waals surface area contributed by atoms with E-state index < -0.39 is 6.04 Å². The summed E-state index contributed by atoms with van der Waals surface area (Å²) in [5, 5.41) is 3.45. The number of carbonyl (C=O) groups excluding carboxylic acids is 2. The third-order valence-corrected chi connectivity index (χ3v) is 4.70. The SMILES string of the molecule is Cc1cccc(CN(C(=O)Cc2ccccc2Cl)[C@H](C)C(=O)NC(C)C)c1. The van der Waals surface area contributed by atoms with Crippen molar-refractivity contribution in [3.63, 3.8) is 0 Å².